The van der Waals surface area contributed by atoms with Crippen LogP contribution in [0.1, 0.15) is 6.42 Å². The lowest BCUT2D eigenvalue weighted by Crippen LogP contribution is -2.33. The monoisotopic (exact) mass is 332 g/mol. The molecule has 0 atom stereocenters. The van der Waals surface area contributed by atoms with Crippen LogP contribution in [0.25, 0.3) is 0 Å². The molecule has 2 rings (SSSR count). The molecule has 0 aromatic heterocycles. The van der Waals surface area contributed by atoms with Crippen molar-refractivity contribution in [3.05, 3.63) is 12.1 Å². The van der Waals surface area contributed by atoms with Crippen LogP contribution in [-0.4, -0.2) is 51.5 Å². The number of nitrogens with zero attached hydrogens (tertiary/aromatic N) is 1. The Kier molecular flexibility index (Phi) is 5.23. The molecule has 0 saturated carbocycles. The fourth-order valence-corrected chi connectivity index (χ4v) is 4.85. The topological polar surface area (TPSA) is 81.9 Å². The van der Waals surface area contributed by atoms with Crippen molar-refractivity contribution in [1.29, 1.82) is 0 Å². The van der Waals surface area contributed by atoms with E-state index >= 15 is 0 Å². The first kappa shape index (κ1) is 16.3. The number of methoxy groups -OCH3 is 2. The summed E-state index contributed by atoms with van der Waals surface area (Å²) in [5, 5.41) is 0. The molecule has 6 nitrogen and oxygen atoms in total. The van der Waals surface area contributed by atoms with Crippen LogP contribution in [0.5, 0.6) is 11.5 Å². The molecule has 1 aromatic rings. The Balaban J connectivity index is 2.45. The van der Waals surface area contributed by atoms with Gasteiger partial charge in [-0.1, -0.05) is 0 Å². The highest BCUT2D eigenvalue weighted by Gasteiger charge is 2.29. The Hall–Kier alpha value is -1.12. The van der Waals surface area contributed by atoms with Crippen molar-refractivity contribution in [2.24, 2.45) is 0 Å². The molecule has 1 aliphatic heterocycles. The largest absolute Gasteiger partial charge is 0.495 e. The standard InChI is InChI=1S/C13H20N2O4S2/c1-18-11-9-12(19-2)13(8-10(11)14)21(16,17)15-4-3-6-20-7-5-15/h8-9H,3-7,14H2,1-2H3. The van der Waals surface area contributed by atoms with E-state index in [1.54, 1.807) is 11.8 Å². The van der Waals surface area contributed by atoms with Gasteiger partial charge in [0, 0.05) is 24.9 Å². The maximum atomic E-state index is 12.8. The van der Waals surface area contributed by atoms with Crippen molar-refractivity contribution in [1.82, 2.24) is 4.31 Å². The van der Waals surface area contributed by atoms with Crippen LogP contribution in [0.2, 0.25) is 0 Å². The van der Waals surface area contributed by atoms with Gasteiger partial charge < -0.3 is 15.2 Å². The summed E-state index contributed by atoms with van der Waals surface area (Å²) in [6, 6.07) is 2.92. The molecule has 0 bridgehead atoms. The molecule has 0 radical (unpaired) electrons. The number of ether oxygens (including phenoxy) is 2. The van der Waals surface area contributed by atoms with Crippen molar-refractivity contribution >= 4 is 27.5 Å². The van der Waals surface area contributed by atoms with Gasteiger partial charge in [0.25, 0.3) is 0 Å². The SMILES string of the molecule is COc1cc(OC)c(S(=O)(=O)N2CCCSCC2)cc1N. The van der Waals surface area contributed by atoms with Gasteiger partial charge in [-0.15, -0.1) is 0 Å². The summed E-state index contributed by atoms with van der Waals surface area (Å²) < 4.78 is 37.4. The number of anilines is 1. The highest BCUT2D eigenvalue weighted by atomic mass is 32.2. The third-order valence-corrected chi connectivity index (χ3v) is 6.28. The van der Waals surface area contributed by atoms with E-state index in [0.717, 1.165) is 17.9 Å². The van der Waals surface area contributed by atoms with Gasteiger partial charge in [0.2, 0.25) is 10.0 Å². The number of rotatable bonds is 4. The molecule has 1 aromatic carbocycles. The average Bonchev–Trinajstić information content (AvgIpc) is 2.76. The summed E-state index contributed by atoms with van der Waals surface area (Å²) in [5.74, 6) is 2.43. The lowest BCUT2D eigenvalue weighted by Gasteiger charge is -2.21. The summed E-state index contributed by atoms with van der Waals surface area (Å²) in [4.78, 5) is 0.0928. The molecule has 2 N–H and O–H groups in total. The minimum absolute atomic E-state index is 0.0928. The number of sulfonamides is 1. The lowest BCUT2D eigenvalue weighted by molar-refractivity contribution is 0.382. The van der Waals surface area contributed by atoms with Crippen molar-refractivity contribution < 1.29 is 17.9 Å². The van der Waals surface area contributed by atoms with Crippen molar-refractivity contribution in [3.63, 3.8) is 0 Å². The predicted molar refractivity (Wildman–Crippen MR) is 84.7 cm³/mol. The number of nitrogen functional groups attached to an aromatic ring is 1. The second kappa shape index (κ2) is 6.76. The Labute approximate surface area is 129 Å². The Morgan fingerprint density at radius 2 is 1.86 bits per heavy atom. The quantitative estimate of drug-likeness (QED) is 0.840. The summed E-state index contributed by atoms with van der Waals surface area (Å²) in [7, 11) is -0.706. The molecule has 0 unspecified atom stereocenters. The molecule has 1 heterocycles. The number of hydrogen-bond donors (Lipinski definition) is 1. The molecular formula is C13H20N2O4S2. The molecular weight excluding hydrogens is 312 g/mol. The zero-order chi connectivity index (χ0) is 15.5. The van der Waals surface area contributed by atoms with E-state index in [-0.39, 0.29) is 16.3 Å². The van der Waals surface area contributed by atoms with Crippen molar-refractivity contribution in [2.75, 3.05) is 44.5 Å². The first-order valence-corrected chi connectivity index (χ1v) is 9.19. The van der Waals surface area contributed by atoms with Crippen LogP contribution in [0, 0.1) is 0 Å². The Morgan fingerprint density at radius 3 is 2.52 bits per heavy atom. The van der Waals surface area contributed by atoms with Crippen LogP contribution >= 0.6 is 11.8 Å². The molecule has 21 heavy (non-hydrogen) atoms. The maximum absolute atomic E-state index is 12.8. The molecule has 8 heteroatoms. The van der Waals surface area contributed by atoms with E-state index in [1.165, 1.54) is 30.7 Å². The summed E-state index contributed by atoms with van der Waals surface area (Å²) in [6.45, 7) is 1.02. The molecule has 1 saturated heterocycles. The summed E-state index contributed by atoms with van der Waals surface area (Å²) in [5.41, 5.74) is 6.12. The fourth-order valence-electron chi connectivity index (χ4n) is 2.20. The first-order valence-electron chi connectivity index (χ1n) is 6.60. The van der Waals surface area contributed by atoms with Gasteiger partial charge in [-0.05, 0) is 18.2 Å². The van der Waals surface area contributed by atoms with Crippen LogP contribution in [-0.2, 0) is 10.0 Å². The van der Waals surface area contributed by atoms with E-state index in [4.69, 9.17) is 15.2 Å². The highest BCUT2D eigenvalue weighted by Crippen LogP contribution is 2.35. The third-order valence-electron chi connectivity index (χ3n) is 3.32. The second-order valence-electron chi connectivity index (χ2n) is 4.62. The summed E-state index contributed by atoms with van der Waals surface area (Å²) >= 11 is 1.77. The van der Waals surface area contributed by atoms with E-state index in [0.29, 0.717) is 18.8 Å². The van der Waals surface area contributed by atoms with Crippen molar-refractivity contribution in [2.45, 2.75) is 11.3 Å². The van der Waals surface area contributed by atoms with Gasteiger partial charge in [-0.2, -0.15) is 16.1 Å². The minimum Gasteiger partial charge on any atom is -0.495 e. The molecule has 118 valence electrons. The number of thioether (sulfide) groups is 1. The third kappa shape index (κ3) is 3.38. The Bertz CT molecular complexity index is 596. The lowest BCUT2D eigenvalue weighted by atomic mass is 10.3. The highest BCUT2D eigenvalue weighted by molar-refractivity contribution is 7.99. The number of nitrogens with two attached hydrogens (primary N) is 1. The molecule has 0 amide bonds. The van der Waals surface area contributed by atoms with Crippen LogP contribution in [0.3, 0.4) is 0 Å². The predicted octanol–water partition coefficient (Wildman–Crippen LogP) is 1.41. The fraction of sp³-hybridized carbons (Fsp3) is 0.538. The Morgan fingerprint density at radius 1 is 1.14 bits per heavy atom. The maximum Gasteiger partial charge on any atom is 0.246 e. The van der Waals surface area contributed by atoms with Gasteiger partial charge in [0.15, 0.2) is 0 Å². The van der Waals surface area contributed by atoms with Gasteiger partial charge in [-0.25, -0.2) is 8.42 Å². The van der Waals surface area contributed by atoms with Crippen molar-refractivity contribution in [3.8, 4) is 11.5 Å². The van der Waals surface area contributed by atoms with Gasteiger partial charge >= 0.3 is 0 Å². The molecule has 0 spiro atoms. The number of benzene rings is 1. The zero-order valence-electron chi connectivity index (χ0n) is 12.2. The van der Waals surface area contributed by atoms with E-state index in [2.05, 4.69) is 0 Å². The van der Waals surface area contributed by atoms with E-state index < -0.39 is 10.0 Å². The minimum atomic E-state index is -3.62. The normalized spacial score (nSPS) is 17.2. The van der Waals surface area contributed by atoms with Gasteiger partial charge in [0.05, 0.1) is 19.9 Å². The van der Waals surface area contributed by atoms with Crippen LogP contribution < -0.4 is 15.2 Å². The zero-order valence-corrected chi connectivity index (χ0v) is 13.8. The van der Waals surface area contributed by atoms with Crippen LogP contribution in [0.15, 0.2) is 17.0 Å². The van der Waals surface area contributed by atoms with Gasteiger partial charge in [0.1, 0.15) is 16.4 Å². The average molecular weight is 332 g/mol. The number of hydrogen-bond acceptors (Lipinski definition) is 6. The molecule has 1 aliphatic rings. The summed E-state index contributed by atoms with van der Waals surface area (Å²) in [6.07, 6.45) is 0.845. The smallest absolute Gasteiger partial charge is 0.246 e. The van der Waals surface area contributed by atoms with Gasteiger partial charge in [-0.3, -0.25) is 0 Å². The molecule has 1 fully saturated rings. The van der Waals surface area contributed by atoms with E-state index in [9.17, 15) is 8.42 Å². The van der Waals surface area contributed by atoms with E-state index in [1.807, 2.05) is 0 Å². The first-order chi connectivity index (χ1) is 10.0. The molecule has 0 aliphatic carbocycles. The second-order valence-corrected chi connectivity index (χ2v) is 7.75. The van der Waals surface area contributed by atoms with Crippen LogP contribution in [0.4, 0.5) is 5.69 Å².